The van der Waals surface area contributed by atoms with Crippen LogP contribution < -0.4 is 10.3 Å². The van der Waals surface area contributed by atoms with Gasteiger partial charge in [-0.3, -0.25) is 9.36 Å². The molecule has 0 spiro atoms. The van der Waals surface area contributed by atoms with E-state index in [0.29, 0.717) is 18.2 Å². The summed E-state index contributed by atoms with van der Waals surface area (Å²) in [6.45, 7) is 2.25. The summed E-state index contributed by atoms with van der Waals surface area (Å²) in [5, 5.41) is 0. The molecule has 0 bridgehead atoms. The summed E-state index contributed by atoms with van der Waals surface area (Å²) in [4.78, 5) is 17.1. The van der Waals surface area contributed by atoms with Crippen molar-refractivity contribution in [1.29, 1.82) is 0 Å². The number of hydrogen-bond acceptors (Lipinski definition) is 4. The molecule has 0 saturated heterocycles. The Morgan fingerprint density at radius 2 is 2.29 bits per heavy atom. The summed E-state index contributed by atoms with van der Waals surface area (Å²) in [5.74, 6) is 0. The van der Waals surface area contributed by atoms with E-state index in [9.17, 15) is 4.79 Å². The molecule has 2 aromatic heterocycles. The van der Waals surface area contributed by atoms with Gasteiger partial charge in [0.15, 0.2) is 0 Å². The first-order valence-corrected chi connectivity index (χ1v) is 6.58. The Kier molecular flexibility index (Phi) is 3.63. The van der Waals surface area contributed by atoms with Gasteiger partial charge in [0.05, 0.1) is 17.4 Å². The van der Waals surface area contributed by atoms with Gasteiger partial charge in [-0.15, -0.1) is 11.3 Å². The van der Waals surface area contributed by atoms with Crippen LogP contribution in [0.5, 0.6) is 6.01 Å². The van der Waals surface area contributed by atoms with E-state index in [4.69, 9.17) is 4.74 Å². The number of aryl methyl sites for hydroxylation is 1. The molecule has 0 fully saturated rings. The fourth-order valence-corrected chi connectivity index (χ4v) is 2.96. The average molecular weight is 315 g/mol. The Balaban J connectivity index is 2.41. The van der Waals surface area contributed by atoms with E-state index in [1.165, 1.54) is 17.7 Å². The van der Waals surface area contributed by atoms with Gasteiger partial charge in [-0.2, -0.15) is 0 Å². The van der Waals surface area contributed by atoms with E-state index in [-0.39, 0.29) is 5.56 Å². The van der Waals surface area contributed by atoms with Gasteiger partial charge >= 0.3 is 0 Å². The number of hydrogen-bond donors (Lipinski definition) is 0. The second kappa shape index (κ2) is 5.01. The smallest absolute Gasteiger partial charge is 0.299 e. The average Bonchev–Trinajstić information content (AvgIpc) is 2.67. The molecule has 0 saturated carbocycles. The Hall–Kier alpha value is -1.14. The van der Waals surface area contributed by atoms with Crippen LogP contribution in [0.25, 0.3) is 0 Å². The fourth-order valence-electron chi connectivity index (χ4n) is 1.49. The largest absolute Gasteiger partial charge is 0.468 e. The lowest BCUT2D eigenvalue weighted by molar-refractivity contribution is 0.350. The van der Waals surface area contributed by atoms with Crippen molar-refractivity contribution in [3.63, 3.8) is 0 Å². The van der Waals surface area contributed by atoms with Gasteiger partial charge in [0.2, 0.25) is 0 Å². The minimum Gasteiger partial charge on any atom is -0.468 e. The maximum Gasteiger partial charge on any atom is 0.299 e. The third-order valence-electron chi connectivity index (χ3n) is 2.23. The highest BCUT2D eigenvalue weighted by atomic mass is 79.9. The first-order valence-electron chi connectivity index (χ1n) is 4.97. The Morgan fingerprint density at radius 1 is 1.53 bits per heavy atom. The second-order valence-electron chi connectivity index (χ2n) is 3.51. The van der Waals surface area contributed by atoms with Crippen molar-refractivity contribution in [1.82, 2.24) is 9.55 Å². The molecule has 2 rings (SSSR count). The van der Waals surface area contributed by atoms with Crippen LogP contribution in [0.4, 0.5) is 0 Å². The van der Waals surface area contributed by atoms with Gasteiger partial charge in [-0.1, -0.05) is 0 Å². The van der Waals surface area contributed by atoms with Gasteiger partial charge < -0.3 is 4.74 Å². The van der Waals surface area contributed by atoms with E-state index in [1.807, 2.05) is 12.1 Å². The lowest BCUT2D eigenvalue weighted by atomic mass is 10.4. The second-order valence-corrected chi connectivity index (χ2v) is 6.06. The maximum atomic E-state index is 11.9. The number of nitrogens with zero attached hydrogens (tertiary/aromatic N) is 2. The summed E-state index contributed by atoms with van der Waals surface area (Å²) in [6.07, 6.45) is 0. The third-order valence-corrected chi connectivity index (χ3v) is 3.84. The molecule has 4 nitrogen and oxygen atoms in total. The van der Waals surface area contributed by atoms with Crippen molar-refractivity contribution >= 4 is 27.3 Å². The standard InChI is InChI=1S/C11H11BrN2O2S/c1-7-5-10(15)14(11(13-7)16-2)6-8-3-4-9(12)17-8/h3-5H,6H2,1-2H3. The monoisotopic (exact) mass is 314 g/mol. The fraction of sp³-hybridized carbons (Fsp3) is 0.273. The number of methoxy groups -OCH3 is 1. The maximum absolute atomic E-state index is 11.9. The minimum atomic E-state index is -0.0983. The zero-order chi connectivity index (χ0) is 12.4. The zero-order valence-corrected chi connectivity index (χ0v) is 11.8. The normalized spacial score (nSPS) is 10.5. The third kappa shape index (κ3) is 2.76. The van der Waals surface area contributed by atoms with Crippen molar-refractivity contribution < 1.29 is 4.74 Å². The summed E-state index contributed by atoms with van der Waals surface area (Å²) in [7, 11) is 1.52. The van der Waals surface area contributed by atoms with E-state index >= 15 is 0 Å². The van der Waals surface area contributed by atoms with Gasteiger partial charge in [0.25, 0.3) is 11.6 Å². The Bertz CT molecular complexity index is 591. The molecule has 0 aliphatic carbocycles. The van der Waals surface area contributed by atoms with E-state index in [1.54, 1.807) is 18.3 Å². The predicted octanol–water partition coefficient (Wildman–Crippen LogP) is 2.43. The summed E-state index contributed by atoms with van der Waals surface area (Å²) >= 11 is 4.98. The Labute approximate surface area is 111 Å². The van der Waals surface area contributed by atoms with Crippen molar-refractivity contribution in [2.24, 2.45) is 0 Å². The van der Waals surface area contributed by atoms with Crippen LogP contribution in [0.3, 0.4) is 0 Å². The molecule has 0 radical (unpaired) electrons. The molecule has 0 aliphatic heterocycles. The molecule has 0 amide bonds. The van der Waals surface area contributed by atoms with E-state index < -0.39 is 0 Å². The van der Waals surface area contributed by atoms with Crippen LogP contribution in [-0.2, 0) is 6.54 Å². The number of ether oxygens (including phenoxy) is 1. The predicted molar refractivity (Wildman–Crippen MR) is 70.9 cm³/mol. The van der Waals surface area contributed by atoms with Crippen molar-refractivity contribution in [2.45, 2.75) is 13.5 Å². The highest BCUT2D eigenvalue weighted by Crippen LogP contribution is 2.23. The molecule has 2 heterocycles. The molecular weight excluding hydrogens is 304 g/mol. The molecule has 0 N–H and O–H groups in total. The van der Waals surface area contributed by atoms with E-state index in [0.717, 1.165) is 8.66 Å². The first kappa shape index (κ1) is 12.3. The molecule has 2 aromatic rings. The minimum absolute atomic E-state index is 0.0983. The molecular formula is C11H11BrN2O2S. The molecule has 6 heteroatoms. The van der Waals surface area contributed by atoms with Crippen LogP contribution in [-0.4, -0.2) is 16.7 Å². The van der Waals surface area contributed by atoms with Gasteiger partial charge in [0.1, 0.15) is 0 Å². The molecule has 0 aromatic carbocycles. The molecule has 0 unspecified atom stereocenters. The molecule has 17 heavy (non-hydrogen) atoms. The van der Waals surface area contributed by atoms with Crippen LogP contribution in [0.2, 0.25) is 0 Å². The van der Waals surface area contributed by atoms with Crippen molar-refractivity contribution in [3.8, 4) is 6.01 Å². The summed E-state index contributed by atoms with van der Waals surface area (Å²) in [5.41, 5.74) is 0.564. The van der Waals surface area contributed by atoms with Crippen LogP contribution in [0, 0.1) is 6.92 Å². The number of aromatic nitrogens is 2. The summed E-state index contributed by atoms with van der Waals surface area (Å²) in [6, 6.07) is 5.78. The lowest BCUT2D eigenvalue weighted by Crippen LogP contribution is -2.22. The summed E-state index contributed by atoms with van der Waals surface area (Å²) < 4.78 is 7.69. The van der Waals surface area contributed by atoms with Gasteiger partial charge in [-0.25, -0.2) is 4.98 Å². The quantitative estimate of drug-likeness (QED) is 0.874. The van der Waals surface area contributed by atoms with Crippen molar-refractivity contribution in [2.75, 3.05) is 7.11 Å². The van der Waals surface area contributed by atoms with Gasteiger partial charge in [-0.05, 0) is 35.0 Å². The number of rotatable bonds is 3. The van der Waals surface area contributed by atoms with Crippen LogP contribution in [0.1, 0.15) is 10.6 Å². The lowest BCUT2D eigenvalue weighted by Gasteiger charge is -2.09. The first-order chi connectivity index (χ1) is 8.10. The SMILES string of the molecule is COc1nc(C)cc(=O)n1Cc1ccc(Br)s1. The zero-order valence-electron chi connectivity index (χ0n) is 9.44. The number of thiophene rings is 1. The van der Waals surface area contributed by atoms with Crippen molar-refractivity contribution in [3.05, 3.63) is 42.9 Å². The molecule has 0 atom stereocenters. The van der Waals surface area contributed by atoms with E-state index in [2.05, 4.69) is 20.9 Å². The highest BCUT2D eigenvalue weighted by molar-refractivity contribution is 9.11. The number of halogens is 1. The highest BCUT2D eigenvalue weighted by Gasteiger charge is 2.09. The Morgan fingerprint density at radius 3 is 2.88 bits per heavy atom. The van der Waals surface area contributed by atoms with Gasteiger partial charge in [0, 0.05) is 16.6 Å². The molecule has 90 valence electrons. The topological polar surface area (TPSA) is 44.1 Å². The van der Waals surface area contributed by atoms with Crippen LogP contribution in [0.15, 0.2) is 26.8 Å². The molecule has 0 aliphatic rings. The van der Waals surface area contributed by atoms with Crippen LogP contribution >= 0.6 is 27.3 Å².